The molecule has 0 saturated heterocycles. The Kier molecular flexibility index (Phi) is 12.2. The van der Waals surface area contributed by atoms with E-state index < -0.39 is 30.1 Å². The van der Waals surface area contributed by atoms with Crippen molar-refractivity contribution in [1.29, 1.82) is 0 Å². The number of nitrogens with zero attached hydrogens (tertiary/aromatic N) is 3. The SMILES string of the molecule is CC(=O)C[C@H](OC(C)=O)[C@H](O)CN=[N+]=[N-].CC(=O)OC(C)=O. The van der Waals surface area contributed by atoms with Crippen LogP contribution in [0.4, 0.5) is 0 Å². The van der Waals surface area contributed by atoms with Crippen molar-refractivity contribution in [1.82, 2.24) is 0 Å². The molecule has 0 aromatic heterocycles. The van der Waals surface area contributed by atoms with Gasteiger partial charge in [-0.15, -0.1) is 0 Å². The van der Waals surface area contributed by atoms with Gasteiger partial charge in [-0.05, 0) is 12.5 Å². The molecule has 1 N–H and O–H groups in total. The van der Waals surface area contributed by atoms with E-state index in [0.717, 1.165) is 0 Å². The molecule has 0 rings (SSSR count). The molecular weight excluding hydrogens is 298 g/mol. The van der Waals surface area contributed by atoms with Gasteiger partial charge in [-0.3, -0.25) is 19.2 Å². The van der Waals surface area contributed by atoms with Crippen LogP contribution >= 0.6 is 0 Å². The van der Waals surface area contributed by atoms with Gasteiger partial charge in [-0.25, -0.2) is 0 Å². The van der Waals surface area contributed by atoms with Crippen LogP contribution in [0.5, 0.6) is 0 Å². The van der Waals surface area contributed by atoms with Gasteiger partial charge in [0, 0.05) is 32.1 Å². The Labute approximate surface area is 127 Å². The van der Waals surface area contributed by atoms with Crippen molar-refractivity contribution in [2.45, 2.75) is 46.3 Å². The fourth-order valence-corrected chi connectivity index (χ4v) is 1.19. The first-order chi connectivity index (χ1) is 10.1. The molecule has 22 heavy (non-hydrogen) atoms. The minimum absolute atomic E-state index is 0.0955. The Hall–Kier alpha value is -2.45. The van der Waals surface area contributed by atoms with E-state index in [1.165, 1.54) is 27.7 Å². The third-order valence-electron chi connectivity index (χ3n) is 1.85. The standard InChI is InChI=1S/C8H13N3O4.C4H6O3/c1-5(12)3-8(15-6(2)13)7(14)4-10-11-9;1-3(5)7-4(2)6/h7-8,14H,3-4H2,1-2H3;1-2H3/t7-,8+;/m1./s1. The topological polar surface area (TPSA) is 156 Å². The molecule has 0 aliphatic carbocycles. The molecule has 0 radical (unpaired) electrons. The molecule has 124 valence electrons. The van der Waals surface area contributed by atoms with Crippen molar-refractivity contribution in [2.24, 2.45) is 5.11 Å². The molecule has 0 heterocycles. The van der Waals surface area contributed by atoms with Crippen LogP contribution in [-0.4, -0.2) is 47.6 Å². The number of carbonyl (C=O) groups is 4. The number of ketones is 1. The molecule has 0 bridgehead atoms. The third kappa shape index (κ3) is 15.6. The summed E-state index contributed by atoms with van der Waals surface area (Å²) in [6, 6.07) is 0. The lowest BCUT2D eigenvalue weighted by Gasteiger charge is -2.19. The van der Waals surface area contributed by atoms with Crippen LogP contribution in [0.15, 0.2) is 5.11 Å². The monoisotopic (exact) mass is 317 g/mol. The molecule has 0 amide bonds. The van der Waals surface area contributed by atoms with Gasteiger partial charge in [0.25, 0.3) is 0 Å². The molecule has 0 unspecified atom stereocenters. The summed E-state index contributed by atoms with van der Waals surface area (Å²) < 4.78 is 8.70. The second-order valence-electron chi connectivity index (χ2n) is 4.12. The number of rotatable bonds is 6. The van der Waals surface area contributed by atoms with E-state index in [0.29, 0.717) is 0 Å². The van der Waals surface area contributed by atoms with Crippen molar-refractivity contribution in [3.8, 4) is 0 Å². The van der Waals surface area contributed by atoms with Gasteiger partial charge in [-0.1, -0.05) is 5.11 Å². The summed E-state index contributed by atoms with van der Waals surface area (Å²) in [5.74, 6) is -1.94. The van der Waals surface area contributed by atoms with Gasteiger partial charge in [0.05, 0.1) is 12.6 Å². The van der Waals surface area contributed by atoms with Gasteiger partial charge in [0.2, 0.25) is 0 Å². The molecule has 0 aliphatic heterocycles. The largest absolute Gasteiger partial charge is 0.459 e. The van der Waals surface area contributed by atoms with Crippen molar-refractivity contribution < 1.29 is 33.8 Å². The van der Waals surface area contributed by atoms with E-state index in [1.54, 1.807) is 0 Å². The van der Waals surface area contributed by atoms with Crippen LogP contribution in [0.3, 0.4) is 0 Å². The molecule has 0 aromatic carbocycles. The normalized spacial score (nSPS) is 11.7. The van der Waals surface area contributed by atoms with Crippen LogP contribution in [0.1, 0.15) is 34.1 Å². The molecule has 0 aliphatic rings. The van der Waals surface area contributed by atoms with E-state index in [4.69, 9.17) is 10.3 Å². The summed E-state index contributed by atoms with van der Waals surface area (Å²) >= 11 is 0. The number of azide groups is 1. The van der Waals surface area contributed by atoms with Crippen molar-refractivity contribution in [3.05, 3.63) is 10.4 Å². The second kappa shape index (κ2) is 12.3. The van der Waals surface area contributed by atoms with E-state index in [9.17, 15) is 24.3 Å². The van der Waals surface area contributed by atoms with Gasteiger partial charge in [0.15, 0.2) is 0 Å². The smallest absolute Gasteiger partial charge is 0.310 e. The predicted molar refractivity (Wildman–Crippen MR) is 73.3 cm³/mol. The van der Waals surface area contributed by atoms with Gasteiger partial charge in [-0.2, -0.15) is 0 Å². The highest BCUT2D eigenvalue weighted by molar-refractivity contribution is 5.82. The van der Waals surface area contributed by atoms with E-state index in [2.05, 4.69) is 14.8 Å². The Morgan fingerprint density at radius 1 is 1.09 bits per heavy atom. The highest BCUT2D eigenvalue weighted by Gasteiger charge is 2.23. The first-order valence-electron chi connectivity index (χ1n) is 6.14. The van der Waals surface area contributed by atoms with Crippen molar-refractivity contribution >= 4 is 23.7 Å². The number of aliphatic hydroxyl groups excluding tert-OH is 1. The maximum atomic E-state index is 10.8. The van der Waals surface area contributed by atoms with Crippen molar-refractivity contribution in [2.75, 3.05) is 6.54 Å². The molecule has 10 heteroatoms. The lowest BCUT2D eigenvalue weighted by Crippen LogP contribution is -2.34. The minimum Gasteiger partial charge on any atom is -0.459 e. The Bertz CT molecular complexity index is 430. The van der Waals surface area contributed by atoms with Crippen LogP contribution in [0, 0.1) is 0 Å². The highest BCUT2D eigenvalue weighted by atomic mass is 16.6. The van der Waals surface area contributed by atoms with E-state index >= 15 is 0 Å². The molecule has 2 atom stereocenters. The van der Waals surface area contributed by atoms with E-state index in [1.807, 2.05) is 0 Å². The third-order valence-corrected chi connectivity index (χ3v) is 1.85. The number of carbonyl (C=O) groups excluding carboxylic acids is 4. The van der Waals surface area contributed by atoms with Gasteiger partial charge in [0.1, 0.15) is 11.9 Å². The average Bonchev–Trinajstić information content (AvgIpc) is 2.32. The second-order valence-corrected chi connectivity index (χ2v) is 4.12. The Morgan fingerprint density at radius 2 is 1.59 bits per heavy atom. The molecule has 0 saturated carbocycles. The molecular formula is C12H19N3O7. The number of Topliss-reactive ketones (excluding diaryl/α,β-unsaturated/α-hetero) is 1. The maximum absolute atomic E-state index is 10.8. The quantitative estimate of drug-likeness (QED) is 0.248. The number of hydrogen-bond acceptors (Lipinski definition) is 8. The van der Waals surface area contributed by atoms with Crippen LogP contribution in [-0.2, 0) is 28.7 Å². The van der Waals surface area contributed by atoms with E-state index in [-0.39, 0.29) is 18.7 Å². The summed E-state index contributed by atoms with van der Waals surface area (Å²) in [6.07, 6.45) is -2.21. The summed E-state index contributed by atoms with van der Waals surface area (Å²) in [5, 5.41) is 12.6. The molecule has 10 nitrogen and oxygen atoms in total. The van der Waals surface area contributed by atoms with Crippen molar-refractivity contribution in [3.63, 3.8) is 0 Å². The zero-order valence-electron chi connectivity index (χ0n) is 12.8. The zero-order chi connectivity index (χ0) is 17.7. The van der Waals surface area contributed by atoms with Crippen LogP contribution in [0.25, 0.3) is 10.4 Å². The lowest BCUT2D eigenvalue weighted by atomic mass is 10.1. The van der Waals surface area contributed by atoms with Crippen LogP contribution in [0.2, 0.25) is 0 Å². The maximum Gasteiger partial charge on any atom is 0.310 e. The number of hydrogen-bond donors (Lipinski definition) is 1. The number of aliphatic hydroxyl groups is 1. The first kappa shape index (κ1) is 21.8. The minimum atomic E-state index is -1.16. The fraction of sp³-hybridized carbons (Fsp3) is 0.667. The summed E-state index contributed by atoms with van der Waals surface area (Å²) in [4.78, 5) is 43.6. The van der Waals surface area contributed by atoms with Gasteiger partial charge < -0.3 is 14.6 Å². The Morgan fingerprint density at radius 3 is 1.86 bits per heavy atom. The predicted octanol–water partition coefficient (Wildman–Crippen LogP) is 0.664. The molecule has 0 aromatic rings. The summed E-state index contributed by atoms with van der Waals surface area (Å²) in [5.41, 5.74) is 8.03. The average molecular weight is 317 g/mol. The Balaban J connectivity index is 0. The zero-order valence-corrected chi connectivity index (χ0v) is 12.8. The summed E-state index contributed by atoms with van der Waals surface area (Å²) in [7, 11) is 0. The first-order valence-corrected chi connectivity index (χ1v) is 6.14. The summed E-state index contributed by atoms with van der Waals surface area (Å²) in [6.45, 7) is 4.62. The lowest BCUT2D eigenvalue weighted by molar-refractivity contribution is -0.157. The highest BCUT2D eigenvalue weighted by Crippen LogP contribution is 2.07. The molecule has 0 fully saturated rings. The molecule has 0 spiro atoms. The van der Waals surface area contributed by atoms with Gasteiger partial charge >= 0.3 is 17.9 Å². The van der Waals surface area contributed by atoms with Crippen LogP contribution < -0.4 is 0 Å². The number of ether oxygens (including phenoxy) is 2. The number of esters is 3. The fourth-order valence-electron chi connectivity index (χ4n) is 1.19.